The van der Waals surface area contributed by atoms with Crippen LogP contribution in [0.4, 0.5) is 0 Å². The summed E-state index contributed by atoms with van der Waals surface area (Å²) < 4.78 is 0. The quantitative estimate of drug-likeness (QED) is 0.868. The zero-order valence-electron chi connectivity index (χ0n) is 10.2. The Labute approximate surface area is 108 Å². The zero-order chi connectivity index (χ0) is 12.3. The van der Waals surface area contributed by atoms with Gasteiger partial charge in [0.1, 0.15) is 0 Å². The van der Waals surface area contributed by atoms with Crippen LogP contribution in [0.15, 0.2) is 24.3 Å². The Bertz CT molecular complexity index is 372. The van der Waals surface area contributed by atoms with E-state index in [0.29, 0.717) is 12.5 Å². The third-order valence-electron chi connectivity index (χ3n) is 3.80. The van der Waals surface area contributed by atoms with Gasteiger partial charge in [-0.25, -0.2) is 0 Å². The summed E-state index contributed by atoms with van der Waals surface area (Å²) in [6.45, 7) is 0. The van der Waals surface area contributed by atoms with Crippen LogP contribution in [0.1, 0.15) is 31.2 Å². The molecule has 1 aromatic carbocycles. The molecule has 1 aliphatic carbocycles. The van der Waals surface area contributed by atoms with Crippen molar-refractivity contribution in [2.75, 3.05) is 7.05 Å². The molecule has 2 rings (SSSR count). The largest absolute Gasteiger partial charge is 0.390 e. The van der Waals surface area contributed by atoms with Crippen LogP contribution in [0.5, 0.6) is 0 Å². The van der Waals surface area contributed by atoms with Crippen LogP contribution in [0.3, 0.4) is 0 Å². The number of rotatable bonds is 3. The summed E-state index contributed by atoms with van der Waals surface area (Å²) in [5.74, 6) is 0. The Morgan fingerprint density at radius 1 is 1.35 bits per heavy atom. The number of aliphatic hydroxyl groups is 1. The molecule has 1 aliphatic rings. The van der Waals surface area contributed by atoms with Crippen LogP contribution in [-0.2, 0) is 6.42 Å². The summed E-state index contributed by atoms with van der Waals surface area (Å²) in [6, 6.07) is 8.35. The van der Waals surface area contributed by atoms with Gasteiger partial charge in [-0.2, -0.15) is 0 Å². The van der Waals surface area contributed by atoms with Crippen molar-refractivity contribution < 1.29 is 5.11 Å². The minimum atomic E-state index is -0.571. The lowest BCUT2D eigenvalue weighted by Gasteiger charge is -2.36. The molecule has 3 heteroatoms. The van der Waals surface area contributed by atoms with Gasteiger partial charge in [-0.05, 0) is 44.4 Å². The molecule has 0 bridgehead atoms. The molecule has 1 fully saturated rings. The maximum absolute atomic E-state index is 10.6. The predicted octanol–water partition coefficient (Wildman–Crippen LogP) is 2.78. The Hall–Kier alpha value is -0.570. The summed E-state index contributed by atoms with van der Waals surface area (Å²) in [6.07, 6.45) is 4.45. The molecule has 17 heavy (non-hydrogen) atoms. The van der Waals surface area contributed by atoms with Crippen molar-refractivity contribution in [3.63, 3.8) is 0 Å². The SMILES string of the molecule is CNC1CCC(O)(Cc2ccccc2Cl)CC1. The molecule has 2 N–H and O–H groups in total. The van der Waals surface area contributed by atoms with Crippen LogP contribution in [0.25, 0.3) is 0 Å². The van der Waals surface area contributed by atoms with E-state index < -0.39 is 5.60 Å². The van der Waals surface area contributed by atoms with Crippen molar-refractivity contribution in [1.82, 2.24) is 5.32 Å². The van der Waals surface area contributed by atoms with Gasteiger partial charge in [-0.3, -0.25) is 0 Å². The van der Waals surface area contributed by atoms with Gasteiger partial charge in [-0.1, -0.05) is 29.8 Å². The number of hydrogen-bond acceptors (Lipinski definition) is 2. The fourth-order valence-electron chi connectivity index (χ4n) is 2.62. The van der Waals surface area contributed by atoms with Gasteiger partial charge in [-0.15, -0.1) is 0 Å². The molecule has 0 atom stereocenters. The Balaban J connectivity index is 2.01. The molecule has 1 aromatic rings. The first-order chi connectivity index (χ1) is 8.13. The average Bonchev–Trinajstić information content (AvgIpc) is 2.33. The van der Waals surface area contributed by atoms with Crippen LogP contribution >= 0.6 is 11.6 Å². The van der Waals surface area contributed by atoms with E-state index in [-0.39, 0.29) is 0 Å². The molecule has 2 nitrogen and oxygen atoms in total. The molecular formula is C14H20ClNO. The van der Waals surface area contributed by atoms with E-state index in [1.807, 2.05) is 31.3 Å². The standard InChI is InChI=1S/C14H20ClNO/c1-16-12-6-8-14(17,9-7-12)10-11-4-2-3-5-13(11)15/h2-5,12,16-17H,6-10H2,1H3. The predicted molar refractivity (Wildman–Crippen MR) is 71.4 cm³/mol. The summed E-state index contributed by atoms with van der Waals surface area (Å²) >= 11 is 6.14. The highest BCUT2D eigenvalue weighted by atomic mass is 35.5. The smallest absolute Gasteiger partial charge is 0.0689 e. The van der Waals surface area contributed by atoms with Crippen LogP contribution in [0.2, 0.25) is 5.02 Å². The maximum Gasteiger partial charge on any atom is 0.0689 e. The van der Waals surface area contributed by atoms with Crippen LogP contribution in [0, 0.1) is 0 Å². The summed E-state index contributed by atoms with van der Waals surface area (Å²) in [5.41, 5.74) is 0.484. The van der Waals surface area contributed by atoms with E-state index in [1.54, 1.807) is 0 Å². The lowest BCUT2D eigenvalue weighted by atomic mass is 9.78. The highest BCUT2D eigenvalue weighted by Gasteiger charge is 2.33. The van der Waals surface area contributed by atoms with Gasteiger partial charge < -0.3 is 10.4 Å². The van der Waals surface area contributed by atoms with E-state index in [2.05, 4.69) is 5.32 Å². The molecule has 94 valence electrons. The Morgan fingerprint density at radius 2 is 2.00 bits per heavy atom. The molecular weight excluding hydrogens is 234 g/mol. The third kappa shape index (κ3) is 3.21. The topological polar surface area (TPSA) is 32.3 Å². The van der Waals surface area contributed by atoms with Crippen LogP contribution in [-0.4, -0.2) is 23.8 Å². The number of halogens is 1. The van der Waals surface area contributed by atoms with Gasteiger partial charge in [0.2, 0.25) is 0 Å². The molecule has 0 aromatic heterocycles. The molecule has 0 saturated heterocycles. The van der Waals surface area contributed by atoms with Crippen molar-refractivity contribution in [2.45, 2.75) is 43.7 Å². The number of benzene rings is 1. The molecule has 1 saturated carbocycles. The lowest BCUT2D eigenvalue weighted by Crippen LogP contribution is -2.41. The maximum atomic E-state index is 10.6. The van der Waals surface area contributed by atoms with Crippen molar-refractivity contribution in [3.05, 3.63) is 34.9 Å². The summed E-state index contributed by atoms with van der Waals surface area (Å²) in [5, 5.41) is 14.6. The normalized spacial score (nSPS) is 29.2. The number of nitrogens with one attached hydrogen (secondary N) is 1. The Morgan fingerprint density at radius 3 is 2.59 bits per heavy atom. The summed E-state index contributed by atoms with van der Waals surface area (Å²) in [7, 11) is 1.99. The van der Waals surface area contributed by atoms with Crippen LogP contribution < -0.4 is 5.32 Å². The molecule has 0 radical (unpaired) electrons. The zero-order valence-corrected chi connectivity index (χ0v) is 11.0. The summed E-state index contributed by atoms with van der Waals surface area (Å²) in [4.78, 5) is 0. The van der Waals surface area contributed by atoms with E-state index >= 15 is 0 Å². The fourth-order valence-corrected chi connectivity index (χ4v) is 2.82. The monoisotopic (exact) mass is 253 g/mol. The number of hydrogen-bond donors (Lipinski definition) is 2. The second kappa shape index (κ2) is 5.38. The van der Waals surface area contributed by atoms with Gasteiger partial charge >= 0.3 is 0 Å². The van der Waals surface area contributed by atoms with E-state index in [4.69, 9.17) is 11.6 Å². The van der Waals surface area contributed by atoms with Gasteiger partial charge in [0, 0.05) is 17.5 Å². The Kier molecular flexibility index (Phi) is 4.08. The second-order valence-corrected chi connectivity index (χ2v) is 5.46. The molecule has 0 heterocycles. The van der Waals surface area contributed by atoms with Crippen molar-refractivity contribution in [2.24, 2.45) is 0 Å². The first-order valence-electron chi connectivity index (χ1n) is 6.26. The van der Waals surface area contributed by atoms with Crippen molar-refractivity contribution in [1.29, 1.82) is 0 Å². The first-order valence-corrected chi connectivity index (χ1v) is 6.64. The highest BCUT2D eigenvalue weighted by molar-refractivity contribution is 6.31. The molecule has 0 amide bonds. The molecule has 0 spiro atoms. The van der Waals surface area contributed by atoms with Crippen molar-refractivity contribution in [3.8, 4) is 0 Å². The van der Waals surface area contributed by atoms with Gasteiger partial charge in [0.25, 0.3) is 0 Å². The first kappa shape index (κ1) is 12.9. The average molecular weight is 254 g/mol. The minimum Gasteiger partial charge on any atom is -0.390 e. The molecule has 0 aliphatic heterocycles. The molecule has 0 unspecified atom stereocenters. The van der Waals surface area contributed by atoms with E-state index in [0.717, 1.165) is 36.3 Å². The van der Waals surface area contributed by atoms with Gasteiger partial charge in [0.15, 0.2) is 0 Å². The van der Waals surface area contributed by atoms with Gasteiger partial charge in [0.05, 0.1) is 5.60 Å². The second-order valence-electron chi connectivity index (χ2n) is 5.06. The van der Waals surface area contributed by atoms with Crippen molar-refractivity contribution >= 4 is 11.6 Å². The highest BCUT2D eigenvalue weighted by Crippen LogP contribution is 2.33. The van der Waals surface area contributed by atoms with E-state index in [1.165, 1.54) is 0 Å². The van der Waals surface area contributed by atoms with E-state index in [9.17, 15) is 5.11 Å². The lowest BCUT2D eigenvalue weighted by molar-refractivity contribution is -0.00241. The third-order valence-corrected chi connectivity index (χ3v) is 4.17. The fraction of sp³-hybridized carbons (Fsp3) is 0.571. The minimum absolute atomic E-state index is 0.557.